The van der Waals surface area contributed by atoms with Gasteiger partial charge in [0.25, 0.3) is 5.56 Å². The summed E-state index contributed by atoms with van der Waals surface area (Å²) in [7, 11) is 1.61. The van der Waals surface area contributed by atoms with E-state index in [2.05, 4.69) is 9.97 Å². The number of aromatic amines is 1. The Labute approximate surface area is 185 Å². The quantitative estimate of drug-likeness (QED) is 0.558. The van der Waals surface area contributed by atoms with Gasteiger partial charge in [-0.25, -0.2) is 4.98 Å². The molecule has 3 aromatic rings. The molecule has 3 rings (SSSR count). The van der Waals surface area contributed by atoms with Crippen LogP contribution in [-0.2, 0) is 23.3 Å². The number of hydrogen-bond donors (Lipinski definition) is 1. The summed E-state index contributed by atoms with van der Waals surface area (Å²) in [5, 5.41) is 0.198. The third kappa shape index (κ3) is 5.30. The van der Waals surface area contributed by atoms with Crippen molar-refractivity contribution in [1.29, 1.82) is 0 Å². The molecule has 1 atom stereocenters. The summed E-state index contributed by atoms with van der Waals surface area (Å²) in [5.74, 6) is 0.715. The molecule has 2 aromatic heterocycles. The lowest BCUT2D eigenvalue weighted by Gasteiger charge is -2.21. The summed E-state index contributed by atoms with van der Waals surface area (Å²) < 4.78 is 38.0. The monoisotopic (exact) mass is 469 g/mol. The van der Waals surface area contributed by atoms with Crippen molar-refractivity contribution in [3.8, 4) is 0 Å². The molecular formula is C21H22F3N3O2S2. The van der Waals surface area contributed by atoms with Gasteiger partial charge >= 0.3 is 6.18 Å². The number of aromatic nitrogens is 2. The topological polar surface area (TPSA) is 66.1 Å². The van der Waals surface area contributed by atoms with E-state index < -0.39 is 17.0 Å². The van der Waals surface area contributed by atoms with E-state index in [0.29, 0.717) is 27.4 Å². The maximum atomic E-state index is 12.7. The summed E-state index contributed by atoms with van der Waals surface area (Å²) in [5.41, 5.74) is 0.645. The van der Waals surface area contributed by atoms with Crippen molar-refractivity contribution in [2.45, 2.75) is 44.5 Å². The van der Waals surface area contributed by atoms with Gasteiger partial charge in [0.05, 0.1) is 22.0 Å². The SMILES string of the molecule is Cc1sc2nc(CSC(C)C(=O)N(C)Cc3ccc(C(F)(F)F)cc3)[nH]c(=O)c2c1C. The van der Waals surface area contributed by atoms with Crippen LogP contribution in [0.25, 0.3) is 10.2 Å². The van der Waals surface area contributed by atoms with Crippen molar-refractivity contribution in [3.63, 3.8) is 0 Å². The fraction of sp³-hybridized carbons (Fsp3) is 0.381. The van der Waals surface area contributed by atoms with Crippen molar-refractivity contribution in [1.82, 2.24) is 14.9 Å². The van der Waals surface area contributed by atoms with Gasteiger partial charge in [0.2, 0.25) is 5.91 Å². The highest BCUT2D eigenvalue weighted by atomic mass is 32.2. The second-order valence-electron chi connectivity index (χ2n) is 7.32. The number of hydrogen-bond acceptors (Lipinski definition) is 5. The number of halogens is 3. The number of nitrogens with one attached hydrogen (secondary N) is 1. The first-order valence-electron chi connectivity index (χ1n) is 9.49. The average molecular weight is 470 g/mol. The lowest BCUT2D eigenvalue weighted by molar-refractivity contribution is -0.137. The van der Waals surface area contributed by atoms with E-state index in [1.165, 1.54) is 40.1 Å². The lowest BCUT2D eigenvalue weighted by Crippen LogP contribution is -2.33. The van der Waals surface area contributed by atoms with Crippen LogP contribution in [0.2, 0.25) is 0 Å². The Bertz CT molecular complexity index is 1150. The Morgan fingerprint density at radius 1 is 1.26 bits per heavy atom. The zero-order valence-corrected chi connectivity index (χ0v) is 19.1. The maximum absolute atomic E-state index is 12.7. The third-order valence-corrected chi connectivity index (χ3v) is 7.23. The second kappa shape index (κ2) is 9.04. The number of carbonyl (C=O) groups is 1. The van der Waals surface area contributed by atoms with E-state index in [1.54, 1.807) is 14.0 Å². The number of aryl methyl sites for hydroxylation is 2. The number of nitrogens with zero attached hydrogens (tertiary/aromatic N) is 2. The predicted octanol–water partition coefficient (Wildman–Crippen LogP) is 4.90. The van der Waals surface area contributed by atoms with Crippen LogP contribution in [0.15, 0.2) is 29.1 Å². The maximum Gasteiger partial charge on any atom is 0.416 e. The van der Waals surface area contributed by atoms with Gasteiger partial charge in [-0.05, 0) is 44.0 Å². The first kappa shape index (κ1) is 23.3. The molecule has 0 aliphatic carbocycles. The number of amides is 1. The standard InChI is InChI=1S/C21H22F3N3O2S2/c1-11-12(2)31-19-17(11)18(28)25-16(26-19)10-30-13(3)20(29)27(4)9-14-5-7-15(8-6-14)21(22,23)24/h5-8,13H,9-10H2,1-4H3,(H,25,26,28). The highest BCUT2D eigenvalue weighted by Gasteiger charge is 2.30. The molecule has 0 fully saturated rings. The molecule has 1 amide bonds. The van der Waals surface area contributed by atoms with Crippen LogP contribution in [-0.4, -0.2) is 33.1 Å². The fourth-order valence-corrected chi connectivity index (χ4v) is 5.02. The number of thiophene rings is 1. The van der Waals surface area contributed by atoms with Gasteiger partial charge in [-0.1, -0.05) is 12.1 Å². The van der Waals surface area contributed by atoms with Gasteiger partial charge < -0.3 is 9.88 Å². The molecule has 2 heterocycles. The van der Waals surface area contributed by atoms with E-state index in [1.807, 2.05) is 13.8 Å². The van der Waals surface area contributed by atoms with Crippen molar-refractivity contribution < 1.29 is 18.0 Å². The molecule has 166 valence electrons. The molecule has 0 aliphatic rings. The minimum absolute atomic E-state index is 0.156. The molecule has 1 N–H and O–H groups in total. The molecular weight excluding hydrogens is 447 g/mol. The van der Waals surface area contributed by atoms with Crippen LogP contribution < -0.4 is 5.56 Å². The van der Waals surface area contributed by atoms with Gasteiger partial charge in [0.15, 0.2) is 0 Å². The number of carbonyl (C=O) groups excluding carboxylic acids is 1. The molecule has 0 saturated heterocycles. The van der Waals surface area contributed by atoms with Crippen LogP contribution in [0.1, 0.15) is 34.3 Å². The molecule has 31 heavy (non-hydrogen) atoms. The minimum atomic E-state index is -4.38. The van der Waals surface area contributed by atoms with Gasteiger partial charge in [-0.3, -0.25) is 9.59 Å². The van der Waals surface area contributed by atoms with Gasteiger partial charge in [-0.15, -0.1) is 23.1 Å². The summed E-state index contributed by atoms with van der Waals surface area (Å²) in [4.78, 5) is 35.5. The number of rotatable bonds is 6. The highest BCUT2D eigenvalue weighted by Crippen LogP contribution is 2.29. The lowest BCUT2D eigenvalue weighted by atomic mass is 10.1. The molecule has 10 heteroatoms. The molecule has 5 nitrogen and oxygen atoms in total. The number of thioether (sulfide) groups is 1. The largest absolute Gasteiger partial charge is 0.416 e. The first-order chi connectivity index (χ1) is 14.5. The molecule has 0 radical (unpaired) electrons. The van der Waals surface area contributed by atoms with Crippen molar-refractivity contribution in [3.05, 3.63) is 62.0 Å². The number of benzene rings is 1. The van der Waals surface area contributed by atoms with Gasteiger partial charge in [0, 0.05) is 18.5 Å². The third-order valence-electron chi connectivity index (χ3n) is 4.98. The van der Waals surface area contributed by atoms with Gasteiger partial charge in [0.1, 0.15) is 10.7 Å². The Morgan fingerprint density at radius 3 is 2.52 bits per heavy atom. The highest BCUT2D eigenvalue weighted by molar-refractivity contribution is 7.99. The minimum Gasteiger partial charge on any atom is -0.340 e. The molecule has 0 aliphatic heterocycles. The van der Waals surface area contributed by atoms with E-state index >= 15 is 0 Å². The average Bonchev–Trinajstić information content (AvgIpc) is 2.99. The summed E-state index contributed by atoms with van der Waals surface area (Å²) in [6.07, 6.45) is -4.38. The first-order valence-corrected chi connectivity index (χ1v) is 11.4. The Kier molecular flexibility index (Phi) is 6.80. The number of fused-ring (bicyclic) bond motifs is 1. The Balaban J connectivity index is 1.61. The summed E-state index contributed by atoms with van der Waals surface area (Å²) in [6, 6.07) is 4.77. The molecule has 0 saturated carbocycles. The fourth-order valence-electron chi connectivity index (χ4n) is 3.10. The van der Waals surface area contributed by atoms with E-state index in [4.69, 9.17) is 0 Å². The van der Waals surface area contributed by atoms with Crippen LogP contribution in [0, 0.1) is 13.8 Å². The van der Waals surface area contributed by atoms with Gasteiger partial charge in [-0.2, -0.15) is 13.2 Å². The zero-order valence-electron chi connectivity index (χ0n) is 17.5. The normalized spacial score (nSPS) is 12.9. The van der Waals surface area contributed by atoms with E-state index in [0.717, 1.165) is 22.6 Å². The number of alkyl halides is 3. The smallest absolute Gasteiger partial charge is 0.340 e. The second-order valence-corrected chi connectivity index (χ2v) is 9.85. The van der Waals surface area contributed by atoms with Crippen LogP contribution in [0.4, 0.5) is 13.2 Å². The summed E-state index contributed by atoms with van der Waals surface area (Å²) in [6.45, 7) is 5.80. The Hall–Kier alpha value is -2.33. The van der Waals surface area contributed by atoms with Crippen LogP contribution in [0.3, 0.4) is 0 Å². The number of H-pyrrole nitrogens is 1. The molecule has 0 bridgehead atoms. The molecule has 1 unspecified atom stereocenters. The molecule has 1 aromatic carbocycles. The summed E-state index contributed by atoms with van der Waals surface area (Å²) >= 11 is 2.81. The van der Waals surface area contributed by atoms with Crippen molar-refractivity contribution in [2.75, 3.05) is 7.05 Å². The zero-order chi connectivity index (χ0) is 22.9. The van der Waals surface area contributed by atoms with E-state index in [9.17, 15) is 22.8 Å². The van der Waals surface area contributed by atoms with Crippen molar-refractivity contribution in [2.24, 2.45) is 0 Å². The van der Waals surface area contributed by atoms with Crippen LogP contribution >= 0.6 is 23.1 Å². The van der Waals surface area contributed by atoms with Crippen molar-refractivity contribution >= 4 is 39.2 Å². The predicted molar refractivity (Wildman–Crippen MR) is 118 cm³/mol. The van der Waals surface area contributed by atoms with Crippen LogP contribution in [0.5, 0.6) is 0 Å². The van der Waals surface area contributed by atoms with E-state index in [-0.39, 0.29) is 18.0 Å². The molecule has 0 spiro atoms. The Morgan fingerprint density at radius 2 is 1.90 bits per heavy atom.